The van der Waals surface area contributed by atoms with Crippen molar-refractivity contribution in [1.82, 2.24) is 5.32 Å². The molecule has 0 unspecified atom stereocenters. The van der Waals surface area contributed by atoms with E-state index in [1.54, 1.807) is 19.1 Å². The van der Waals surface area contributed by atoms with E-state index in [1.165, 1.54) is 23.5 Å². The molecule has 1 N–H and O–H groups in total. The van der Waals surface area contributed by atoms with Crippen molar-refractivity contribution in [3.63, 3.8) is 0 Å². The van der Waals surface area contributed by atoms with E-state index in [2.05, 4.69) is 21.2 Å². The van der Waals surface area contributed by atoms with Gasteiger partial charge in [-0.05, 0) is 62.2 Å². The third kappa shape index (κ3) is 3.55. The molecule has 2 aromatic carbocycles. The highest BCUT2D eigenvalue weighted by Crippen LogP contribution is 2.40. The first-order valence-electron chi connectivity index (χ1n) is 8.58. The van der Waals surface area contributed by atoms with Crippen LogP contribution in [0.3, 0.4) is 0 Å². The quantitative estimate of drug-likeness (QED) is 0.754. The third-order valence-electron chi connectivity index (χ3n) is 4.49. The van der Waals surface area contributed by atoms with Crippen molar-refractivity contribution in [1.29, 1.82) is 0 Å². The van der Waals surface area contributed by atoms with Gasteiger partial charge in [0.05, 0.1) is 12.8 Å². The van der Waals surface area contributed by atoms with Crippen molar-refractivity contribution in [2.24, 2.45) is 0 Å². The average Bonchev–Trinajstić information content (AvgIpc) is 2.96. The molecule has 1 aliphatic heterocycles. The van der Waals surface area contributed by atoms with Crippen LogP contribution in [0.4, 0.5) is 5.69 Å². The smallest absolute Gasteiger partial charge is 0.268 e. The standard InChI is InChI=1S/C19H21BrN2O4S/c1-4-21-19(23)13-5-8-17(26-3)18(11-13)27(24,25)22-12(2)9-14-10-15(20)6-7-16(14)22/h5-8,10-12H,4,9H2,1-3H3,(H,21,23)/t12-/m1/s1. The maximum Gasteiger partial charge on any atom is 0.268 e. The van der Waals surface area contributed by atoms with Gasteiger partial charge in [0, 0.05) is 22.6 Å². The SMILES string of the molecule is CCNC(=O)c1ccc(OC)c(S(=O)(=O)N2c3ccc(Br)cc3C[C@H]2C)c1. The maximum atomic E-state index is 13.5. The van der Waals surface area contributed by atoms with Gasteiger partial charge >= 0.3 is 0 Å². The summed E-state index contributed by atoms with van der Waals surface area (Å²) in [6.07, 6.45) is 0.617. The first kappa shape index (κ1) is 19.7. The second-order valence-corrected chi connectivity index (χ2v) is 9.05. The summed E-state index contributed by atoms with van der Waals surface area (Å²) in [5.74, 6) is -0.115. The van der Waals surface area contributed by atoms with E-state index in [9.17, 15) is 13.2 Å². The number of rotatable bonds is 5. The lowest BCUT2D eigenvalue weighted by atomic mass is 10.1. The zero-order valence-corrected chi connectivity index (χ0v) is 17.7. The molecular weight excluding hydrogens is 432 g/mol. The number of anilines is 1. The van der Waals surface area contributed by atoms with Crippen LogP contribution in [0.25, 0.3) is 0 Å². The van der Waals surface area contributed by atoms with Gasteiger partial charge in [-0.25, -0.2) is 8.42 Å². The summed E-state index contributed by atoms with van der Waals surface area (Å²) in [6.45, 7) is 4.13. The largest absolute Gasteiger partial charge is 0.495 e. The van der Waals surface area contributed by atoms with E-state index in [-0.39, 0.29) is 28.2 Å². The number of hydrogen-bond acceptors (Lipinski definition) is 4. The Bertz CT molecular complexity index is 991. The van der Waals surface area contributed by atoms with Crippen LogP contribution in [0.15, 0.2) is 45.8 Å². The molecule has 1 amide bonds. The highest BCUT2D eigenvalue weighted by Gasteiger charge is 2.38. The number of fused-ring (bicyclic) bond motifs is 1. The van der Waals surface area contributed by atoms with Crippen LogP contribution in [-0.2, 0) is 16.4 Å². The van der Waals surface area contributed by atoms with Crippen LogP contribution >= 0.6 is 15.9 Å². The monoisotopic (exact) mass is 452 g/mol. The van der Waals surface area contributed by atoms with E-state index in [0.717, 1.165) is 10.0 Å². The van der Waals surface area contributed by atoms with Crippen LogP contribution in [0, 0.1) is 0 Å². The molecule has 0 saturated carbocycles. The van der Waals surface area contributed by atoms with Crippen LogP contribution in [0.5, 0.6) is 5.75 Å². The summed E-state index contributed by atoms with van der Waals surface area (Å²) in [4.78, 5) is 12.2. The zero-order chi connectivity index (χ0) is 19.8. The highest BCUT2D eigenvalue weighted by molar-refractivity contribution is 9.10. The van der Waals surface area contributed by atoms with Gasteiger partial charge < -0.3 is 10.1 Å². The van der Waals surface area contributed by atoms with Crippen molar-refractivity contribution in [2.45, 2.75) is 31.2 Å². The van der Waals surface area contributed by atoms with Crippen LogP contribution in [0.1, 0.15) is 29.8 Å². The molecule has 0 spiro atoms. The van der Waals surface area contributed by atoms with E-state index in [0.29, 0.717) is 18.7 Å². The Labute approximate surface area is 167 Å². The Morgan fingerprint density at radius 3 is 2.70 bits per heavy atom. The lowest BCUT2D eigenvalue weighted by Gasteiger charge is -2.25. The number of carbonyl (C=O) groups excluding carboxylic acids is 1. The Morgan fingerprint density at radius 2 is 2.04 bits per heavy atom. The third-order valence-corrected chi connectivity index (χ3v) is 6.94. The number of methoxy groups -OCH3 is 1. The zero-order valence-electron chi connectivity index (χ0n) is 15.3. The second-order valence-electron chi connectivity index (χ2n) is 6.35. The molecule has 6 nitrogen and oxygen atoms in total. The molecule has 144 valence electrons. The number of carbonyl (C=O) groups is 1. The van der Waals surface area contributed by atoms with Crippen LogP contribution < -0.4 is 14.4 Å². The number of nitrogens with zero attached hydrogens (tertiary/aromatic N) is 1. The van der Waals surface area contributed by atoms with E-state index in [1.807, 2.05) is 19.1 Å². The Kier molecular flexibility index (Phi) is 5.48. The van der Waals surface area contributed by atoms with Crippen LogP contribution in [0.2, 0.25) is 0 Å². The number of amides is 1. The number of nitrogens with one attached hydrogen (secondary N) is 1. The minimum atomic E-state index is -3.91. The molecule has 2 aromatic rings. The van der Waals surface area contributed by atoms with Gasteiger partial charge in [-0.15, -0.1) is 0 Å². The molecule has 3 rings (SSSR count). The molecular formula is C19H21BrN2O4S. The topological polar surface area (TPSA) is 75.7 Å². The lowest BCUT2D eigenvalue weighted by Crippen LogP contribution is -2.36. The molecule has 0 radical (unpaired) electrons. The van der Waals surface area contributed by atoms with E-state index >= 15 is 0 Å². The van der Waals surface area contributed by atoms with Gasteiger partial charge in [0.2, 0.25) is 0 Å². The number of benzene rings is 2. The summed E-state index contributed by atoms with van der Waals surface area (Å²) in [5.41, 5.74) is 1.88. The Morgan fingerprint density at radius 1 is 1.30 bits per heavy atom. The Balaban J connectivity index is 2.12. The van der Waals surface area contributed by atoms with Crippen molar-refractivity contribution in [3.8, 4) is 5.75 Å². The summed E-state index contributed by atoms with van der Waals surface area (Å²) >= 11 is 3.43. The van der Waals surface area contributed by atoms with Crippen LogP contribution in [-0.4, -0.2) is 34.0 Å². The Hall–Kier alpha value is -2.06. The first-order valence-corrected chi connectivity index (χ1v) is 10.8. The normalized spacial score (nSPS) is 16.1. The fraction of sp³-hybridized carbons (Fsp3) is 0.316. The molecule has 27 heavy (non-hydrogen) atoms. The number of sulfonamides is 1. The number of hydrogen-bond donors (Lipinski definition) is 1. The number of ether oxygens (including phenoxy) is 1. The molecule has 8 heteroatoms. The fourth-order valence-corrected chi connectivity index (χ4v) is 5.61. The average molecular weight is 453 g/mol. The van der Waals surface area contributed by atoms with Gasteiger partial charge in [0.1, 0.15) is 10.6 Å². The van der Waals surface area contributed by atoms with E-state index in [4.69, 9.17) is 4.74 Å². The van der Waals surface area contributed by atoms with Crippen molar-refractivity contribution in [3.05, 3.63) is 52.0 Å². The highest BCUT2D eigenvalue weighted by atomic mass is 79.9. The summed E-state index contributed by atoms with van der Waals surface area (Å²) in [7, 11) is -2.50. The van der Waals surface area contributed by atoms with E-state index < -0.39 is 10.0 Å². The maximum absolute atomic E-state index is 13.5. The summed E-state index contributed by atoms with van der Waals surface area (Å²) in [6, 6.07) is 9.76. The molecule has 0 saturated heterocycles. The predicted molar refractivity (Wildman–Crippen MR) is 108 cm³/mol. The molecule has 1 heterocycles. The van der Waals surface area contributed by atoms with Gasteiger partial charge in [0.15, 0.2) is 0 Å². The minimum Gasteiger partial charge on any atom is -0.495 e. The summed E-state index contributed by atoms with van der Waals surface area (Å²) in [5, 5.41) is 2.68. The fourth-order valence-electron chi connectivity index (χ4n) is 3.33. The van der Waals surface area contributed by atoms with Crippen molar-refractivity contribution < 1.29 is 17.9 Å². The molecule has 0 aromatic heterocycles. The molecule has 0 fully saturated rings. The first-order chi connectivity index (χ1) is 12.8. The lowest BCUT2D eigenvalue weighted by molar-refractivity contribution is 0.0955. The van der Waals surface area contributed by atoms with Gasteiger partial charge in [-0.3, -0.25) is 9.10 Å². The van der Waals surface area contributed by atoms with Gasteiger partial charge in [-0.2, -0.15) is 0 Å². The van der Waals surface area contributed by atoms with Crippen molar-refractivity contribution >= 4 is 37.5 Å². The molecule has 1 aliphatic rings. The number of halogens is 1. The summed E-state index contributed by atoms with van der Waals surface area (Å²) < 4.78 is 34.6. The predicted octanol–water partition coefficient (Wildman–Crippen LogP) is 3.35. The molecule has 1 atom stereocenters. The molecule has 0 aliphatic carbocycles. The van der Waals surface area contributed by atoms with Gasteiger partial charge in [-0.1, -0.05) is 15.9 Å². The molecule has 0 bridgehead atoms. The van der Waals surface area contributed by atoms with Gasteiger partial charge in [0.25, 0.3) is 15.9 Å². The van der Waals surface area contributed by atoms with Crippen molar-refractivity contribution in [2.75, 3.05) is 18.0 Å². The second kappa shape index (κ2) is 7.52. The minimum absolute atomic E-state index is 0.0172.